The molecule has 1 saturated carbocycles. The molecule has 2 bridgehead atoms. The Morgan fingerprint density at radius 2 is 1.44 bits per heavy atom. The van der Waals surface area contributed by atoms with Gasteiger partial charge in [0.25, 0.3) is 0 Å². The van der Waals surface area contributed by atoms with Gasteiger partial charge in [-0.1, -0.05) is 13.8 Å². The first-order chi connectivity index (χ1) is 4.12. The molecule has 0 spiro atoms. The van der Waals surface area contributed by atoms with Crippen LogP contribution in [0, 0.1) is 10.8 Å². The molecule has 52 valence electrons. The van der Waals surface area contributed by atoms with Gasteiger partial charge in [0.2, 0.25) is 0 Å². The second-order valence-corrected chi connectivity index (χ2v) is 4.47. The number of rotatable bonds is 0. The Balaban J connectivity index is 2.12. The molecule has 0 amide bonds. The molecule has 2 saturated heterocycles. The van der Waals surface area contributed by atoms with Gasteiger partial charge in [-0.15, -0.1) is 0 Å². The number of hydrogen-bond donors (Lipinski definition) is 0. The molecule has 3 fully saturated rings. The molecule has 0 aromatic heterocycles. The van der Waals surface area contributed by atoms with Gasteiger partial charge < -0.3 is 4.74 Å². The van der Waals surface area contributed by atoms with Crippen molar-refractivity contribution in [3.05, 3.63) is 0 Å². The van der Waals surface area contributed by atoms with Crippen LogP contribution in [0.1, 0.15) is 26.7 Å². The lowest BCUT2D eigenvalue weighted by Gasteiger charge is -2.57. The van der Waals surface area contributed by atoms with Crippen LogP contribution in [0.2, 0.25) is 0 Å². The van der Waals surface area contributed by atoms with E-state index in [1.807, 2.05) is 0 Å². The second-order valence-electron chi connectivity index (χ2n) is 4.47. The van der Waals surface area contributed by atoms with Crippen molar-refractivity contribution in [1.82, 2.24) is 0 Å². The molecule has 9 heavy (non-hydrogen) atoms. The first-order valence-electron chi connectivity index (χ1n) is 3.70. The minimum atomic E-state index is 0.562. The van der Waals surface area contributed by atoms with Crippen LogP contribution < -0.4 is 0 Å². The van der Waals surface area contributed by atoms with E-state index in [0.717, 1.165) is 13.2 Å². The minimum absolute atomic E-state index is 0.562. The number of ether oxygens (including phenoxy) is 1. The largest absolute Gasteiger partial charge is 0.380 e. The first-order valence-corrected chi connectivity index (χ1v) is 3.70. The summed E-state index contributed by atoms with van der Waals surface area (Å²) in [6.45, 7) is 6.66. The van der Waals surface area contributed by atoms with Crippen molar-refractivity contribution in [3.63, 3.8) is 0 Å². The highest BCUT2D eigenvalue weighted by molar-refractivity contribution is 5.01. The number of fused-ring (bicyclic) bond motifs is 2. The molecule has 1 aliphatic carbocycles. The van der Waals surface area contributed by atoms with Crippen LogP contribution in [0.5, 0.6) is 0 Å². The summed E-state index contributed by atoms with van der Waals surface area (Å²) in [4.78, 5) is 0. The van der Waals surface area contributed by atoms with Gasteiger partial charge in [-0.25, -0.2) is 0 Å². The van der Waals surface area contributed by atoms with E-state index in [9.17, 15) is 0 Å². The topological polar surface area (TPSA) is 9.23 Å². The fourth-order valence-corrected chi connectivity index (χ4v) is 2.76. The van der Waals surface area contributed by atoms with Crippen LogP contribution in [0.3, 0.4) is 0 Å². The van der Waals surface area contributed by atoms with Crippen LogP contribution in [-0.2, 0) is 4.74 Å². The molecule has 3 aliphatic rings. The highest BCUT2D eigenvalue weighted by Gasteiger charge is 2.52. The molecule has 2 aliphatic heterocycles. The van der Waals surface area contributed by atoms with E-state index < -0.39 is 0 Å². The van der Waals surface area contributed by atoms with Crippen LogP contribution >= 0.6 is 0 Å². The summed E-state index contributed by atoms with van der Waals surface area (Å²) in [7, 11) is 0. The highest BCUT2D eigenvalue weighted by atomic mass is 16.5. The van der Waals surface area contributed by atoms with Crippen LogP contribution in [0.15, 0.2) is 0 Å². The van der Waals surface area contributed by atoms with Gasteiger partial charge in [0, 0.05) is 0 Å². The molecule has 0 unspecified atom stereocenters. The molecular weight excluding hydrogens is 112 g/mol. The fourth-order valence-electron chi connectivity index (χ4n) is 2.76. The predicted octanol–water partition coefficient (Wildman–Crippen LogP) is 1.82. The van der Waals surface area contributed by atoms with Gasteiger partial charge in [0.15, 0.2) is 0 Å². The third-order valence-electron chi connectivity index (χ3n) is 2.61. The molecule has 3 rings (SSSR count). The van der Waals surface area contributed by atoms with Crippen molar-refractivity contribution >= 4 is 0 Å². The summed E-state index contributed by atoms with van der Waals surface area (Å²) in [6, 6.07) is 0. The Morgan fingerprint density at radius 1 is 1.00 bits per heavy atom. The average molecular weight is 126 g/mol. The van der Waals surface area contributed by atoms with E-state index in [-0.39, 0.29) is 0 Å². The Bertz CT molecular complexity index is 120. The Kier molecular flexibility index (Phi) is 0.852. The second kappa shape index (κ2) is 1.34. The van der Waals surface area contributed by atoms with Gasteiger partial charge in [0.05, 0.1) is 13.2 Å². The maximum Gasteiger partial charge on any atom is 0.0520 e. The fraction of sp³-hybridized carbons (Fsp3) is 1.00. The van der Waals surface area contributed by atoms with Crippen LogP contribution in [0.25, 0.3) is 0 Å². The lowest BCUT2D eigenvalue weighted by Crippen LogP contribution is -2.53. The van der Waals surface area contributed by atoms with E-state index >= 15 is 0 Å². The molecule has 0 aromatic rings. The van der Waals surface area contributed by atoms with E-state index in [0.29, 0.717) is 10.8 Å². The minimum Gasteiger partial charge on any atom is -0.380 e. The molecule has 0 aromatic carbocycles. The van der Waals surface area contributed by atoms with Crippen LogP contribution in [-0.4, -0.2) is 13.2 Å². The number of hydrogen-bond acceptors (Lipinski definition) is 1. The maximum absolute atomic E-state index is 5.44. The summed E-state index contributed by atoms with van der Waals surface area (Å²) in [6.07, 6.45) is 2.78. The monoisotopic (exact) mass is 126 g/mol. The molecule has 1 nitrogen and oxygen atoms in total. The van der Waals surface area contributed by atoms with Crippen LogP contribution in [0.4, 0.5) is 0 Å². The zero-order valence-electron chi connectivity index (χ0n) is 6.24. The van der Waals surface area contributed by atoms with Crippen molar-refractivity contribution in [3.8, 4) is 0 Å². The third-order valence-corrected chi connectivity index (χ3v) is 2.61. The maximum atomic E-state index is 5.44. The summed E-state index contributed by atoms with van der Waals surface area (Å²) < 4.78 is 5.44. The van der Waals surface area contributed by atoms with Crippen molar-refractivity contribution in [2.24, 2.45) is 10.8 Å². The summed E-state index contributed by atoms with van der Waals surface area (Å²) in [5, 5.41) is 0. The zero-order chi connectivity index (χ0) is 6.54. The molecule has 0 radical (unpaired) electrons. The smallest absolute Gasteiger partial charge is 0.0520 e. The van der Waals surface area contributed by atoms with Crippen molar-refractivity contribution in [2.45, 2.75) is 26.7 Å². The first kappa shape index (κ1) is 5.72. The zero-order valence-corrected chi connectivity index (χ0v) is 6.24. The predicted molar refractivity (Wildman–Crippen MR) is 36.3 cm³/mol. The normalized spacial score (nSPS) is 56.7. The van der Waals surface area contributed by atoms with Crippen molar-refractivity contribution in [2.75, 3.05) is 13.2 Å². The van der Waals surface area contributed by atoms with Crippen molar-refractivity contribution in [1.29, 1.82) is 0 Å². The van der Waals surface area contributed by atoms with Gasteiger partial charge >= 0.3 is 0 Å². The summed E-state index contributed by atoms with van der Waals surface area (Å²) in [5.41, 5.74) is 1.12. The lowest BCUT2D eigenvalue weighted by atomic mass is 9.53. The lowest BCUT2D eigenvalue weighted by molar-refractivity contribution is -0.175. The summed E-state index contributed by atoms with van der Waals surface area (Å²) in [5.74, 6) is 0. The molecule has 1 heteroatoms. The third kappa shape index (κ3) is 0.710. The van der Waals surface area contributed by atoms with Gasteiger partial charge in [-0.3, -0.25) is 0 Å². The molecule has 0 atom stereocenters. The van der Waals surface area contributed by atoms with E-state index in [1.54, 1.807) is 0 Å². The Hall–Kier alpha value is -0.0400. The Labute approximate surface area is 56.4 Å². The van der Waals surface area contributed by atoms with E-state index in [1.165, 1.54) is 12.8 Å². The quantitative estimate of drug-likeness (QED) is 0.481. The average Bonchev–Trinajstić information content (AvgIpc) is 1.59. The van der Waals surface area contributed by atoms with E-state index in [2.05, 4.69) is 13.8 Å². The van der Waals surface area contributed by atoms with Crippen molar-refractivity contribution < 1.29 is 4.74 Å². The molecular formula is C8H14O. The standard InChI is InChI=1S/C8H14O/c1-7-3-8(2,4-7)6-9-5-7/h3-6H2,1-2H3. The van der Waals surface area contributed by atoms with Gasteiger partial charge in [-0.05, 0) is 23.7 Å². The van der Waals surface area contributed by atoms with Gasteiger partial charge in [0.1, 0.15) is 0 Å². The summed E-state index contributed by atoms with van der Waals surface area (Å²) >= 11 is 0. The molecule has 2 heterocycles. The highest BCUT2D eigenvalue weighted by Crippen LogP contribution is 2.57. The van der Waals surface area contributed by atoms with E-state index in [4.69, 9.17) is 4.74 Å². The van der Waals surface area contributed by atoms with Gasteiger partial charge in [-0.2, -0.15) is 0 Å². The molecule has 0 N–H and O–H groups in total. The Morgan fingerprint density at radius 3 is 1.67 bits per heavy atom. The SMILES string of the molecule is CC12COCC(C)(C1)C2.